The molecular formula is C21H21Cl2FN4O3. The van der Waals surface area contributed by atoms with Gasteiger partial charge in [-0.1, -0.05) is 29.3 Å². The highest BCUT2D eigenvalue weighted by Crippen LogP contribution is 2.30. The number of hydrogen-bond donors (Lipinski definition) is 5. The van der Waals surface area contributed by atoms with Crippen LogP contribution in [-0.2, 0) is 0 Å². The van der Waals surface area contributed by atoms with Gasteiger partial charge >= 0.3 is 0 Å². The van der Waals surface area contributed by atoms with Crippen LogP contribution in [0.1, 0.15) is 35.9 Å². The predicted octanol–water partition coefficient (Wildman–Crippen LogP) is 4.13. The largest absolute Gasteiger partial charge is 0.394 e. The highest BCUT2D eigenvalue weighted by molar-refractivity contribution is 6.33. The van der Waals surface area contributed by atoms with Gasteiger partial charge in [-0.25, -0.2) is 9.37 Å². The molecular weight excluding hydrogens is 446 g/mol. The molecule has 31 heavy (non-hydrogen) atoms. The van der Waals surface area contributed by atoms with E-state index >= 15 is 0 Å². The number of aromatic nitrogens is 2. The fraction of sp³-hybridized carbons (Fsp3) is 0.238. The van der Waals surface area contributed by atoms with Crippen LogP contribution in [0.2, 0.25) is 10.0 Å². The molecule has 164 valence electrons. The Hall–Kier alpha value is -2.65. The Morgan fingerprint density at radius 2 is 2.00 bits per heavy atom. The van der Waals surface area contributed by atoms with E-state index in [1.54, 1.807) is 32.2 Å². The maximum absolute atomic E-state index is 13.4. The summed E-state index contributed by atoms with van der Waals surface area (Å²) in [5.41, 5.74) is 0.744. The van der Waals surface area contributed by atoms with E-state index in [4.69, 9.17) is 23.2 Å². The molecule has 0 saturated heterocycles. The fourth-order valence-corrected chi connectivity index (χ4v) is 3.32. The molecule has 0 radical (unpaired) electrons. The third kappa shape index (κ3) is 5.74. The molecule has 0 bridgehead atoms. The molecule has 1 atom stereocenters. The second-order valence-electron chi connectivity index (χ2n) is 7.42. The van der Waals surface area contributed by atoms with Gasteiger partial charge in [0.05, 0.1) is 22.7 Å². The predicted molar refractivity (Wildman–Crippen MR) is 118 cm³/mol. The maximum Gasteiger partial charge on any atom is 0.268 e. The second-order valence-corrected chi connectivity index (χ2v) is 8.23. The number of carbonyl (C=O) groups excluding carboxylic acids is 1. The molecule has 0 aliphatic heterocycles. The molecule has 2 heterocycles. The van der Waals surface area contributed by atoms with E-state index in [1.807, 2.05) is 0 Å². The van der Waals surface area contributed by atoms with Gasteiger partial charge in [-0.05, 0) is 43.7 Å². The number of aliphatic hydroxyl groups is 2. The lowest BCUT2D eigenvalue weighted by molar-refractivity contribution is 0.0911. The van der Waals surface area contributed by atoms with Crippen molar-refractivity contribution in [2.75, 3.05) is 11.9 Å². The quantitative estimate of drug-likeness (QED) is 0.336. The zero-order valence-electron chi connectivity index (χ0n) is 16.7. The minimum Gasteiger partial charge on any atom is -0.394 e. The molecule has 5 N–H and O–H groups in total. The third-order valence-electron chi connectivity index (χ3n) is 4.36. The normalized spacial score (nSPS) is 12.5. The first-order valence-electron chi connectivity index (χ1n) is 9.29. The number of anilines is 1. The van der Waals surface area contributed by atoms with Gasteiger partial charge in [0, 0.05) is 23.5 Å². The van der Waals surface area contributed by atoms with Gasteiger partial charge in [-0.15, -0.1) is 0 Å². The number of halogens is 3. The average molecular weight is 467 g/mol. The number of amides is 1. The van der Waals surface area contributed by atoms with Gasteiger partial charge in [-0.3, -0.25) is 4.79 Å². The molecule has 2 aromatic heterocycles. The highest BCUT2D eigenvalue weighted by Gasteiger charge is 2.19. The first kappa shape index (κ1) is 23.0. The molecule has 1 amide bonds. The molecule has 1 aromatic carbocycles. The van der Waals surface area contributed by atoms with Crippen LogP contribution in [0.4, 0.5) is 10.2 Å². The van der Waals surface area contributed by atoms with Crippen LogP contribution in [0.5, 0.6) is 0 Å². The lowest BCUT2D eigenvalue weighted by Crippen LogP contribution is -2.31. The Labute approximate surface area is 188 Å². The summed E-state index contributed by atoms with van der Waals surface area (Å²) in [6, 6.07) is 6.44. The van der Waals surface area contributed by atoms with E-state index in [2.05, 4.69) is 20.6 Å². The monoisotopic (exact) mass is 466 g/mol. The fourth-order valence-electron chi connectivity index (χ4n) is 2.92. The number of aliphatic hydroxyl groups excluding tert-OH is 1. The lowest BCUT2D eigenvalue weighted by atomic mass is 10.1. The maximum atomic E-state index is 13.4. The Balaban J connectivity index is 1.80. The zero-order valence-corrected chi connectivity index (χ0v) is 18.2. The molecule has 0 fully saturated rings. The van der Waals surface area contributed by atoms with Crippen LogP contribution < -0.4 is 10.6 Å². The van der Waals surface area contributed by atoms with Crippen molar-refractivity contribution in [3.8, 4) is 11.1 Å². The Kier molecular flexibility index (Phi) is 6.86. The number of rotatable bonds is 7. The number of nitrogens with zero attached hydrogens (tertiary/aromatic N) is 1. The number of pyridine rings is 1. The Morgan fingerprint density at radius 1 is 1.26 bits per heavy atom. The summed E-state index contributed by atoms with van der Waals surface area (Å²) < 4.78 is 13.4. The highest BCUT2D eigenvalue weighted by atomic mass is 35.5. The van der Waals surface area contributed by atoms with Crippen molar-refractivity contribution in [3.05, 3.63) is 69.8 Å². The number of aromatic amines is 1. The first-order chi connectivity index (χ1) is 14.6. The van der Waals surface area contributed by atoms with Crippen molar-refractivity contribution < 1.29 is 19.4 Å². The summed E-state index contributed by atoms with van der Waals surface area (Å²) in [5.74, 6) is -0.659. The van der Waals surface area contributed by atoms with E-state index in [0.717, 1.165) is 0 Å². The molecule has 10 heteroatoms. The first-order valence-corrected chi connectivity index (χ1v) is 10.0. The van der Waals surface area contributed by atoms with E-state index < -0.39 is 30.1 Å². The number of carbonyl (C=O) groups is 1. The van der Waals surface area contributed by atoms with Crippen LogP contribution in [0.15, 0.2) is 42.7 Å². The minimum atomic E-state index is -1.18. The van der Waals surface area contributed by atoms with Crippen LogP contribution in [0.25, 0.3) is 11.1 Å². The van der Waals surface area contributed by atoms with E-state index in [1.165, 1.54) is 24.4 Å². The molecule has 0 aliphatic carbocycles. The van der Waals surface area contributed by atoms with Crippen molar-refractivity contribution in [3.63, 3.8) is 0 Å². The number of nitrogens with one attached hydrogen (secondary N) is 3. The van der Waals surface area contributed by atoms with Gasteiger partial charge < -0.3 is 25.8 Å². The summed E-state index contributed by atoms with van der Waals surface area (Å²) in [7, 11) is 0. The minimum absolute atomic E-state index is 0.102. The SMILES string of the molecule is CC(C)(O)Nc1cc(-c2c[nH]c(C(=O)NC(CO)c3ccc(F)c(Cl)c3)c2)c(Cl)cn1. The van der Waals surface area contributed by atoms with E-state index in [-0.39, 0.29) is 10.7 Å². The zero-order chi connectivity index (χ0) is 22.8. The van der Waals surface area contributed by atoms with E-state index in [9.17, 15) is 19.4 Å². The average Bonchev–Trinajstić information content (AvgIpc) is 3.18. The van der Waals surface area contributed by atoms with Crippen molar-refractivity contribution in [2.24, 2.45) is 0 Å². The van der Waals surface area contributed by atoms with Gasteiger partial charge in [-0.2, -0.15) is 0 Å². The third-order valence-corrected chi connectivity index (χ3v) is 4.95. The smallest absolute Gasteiger partial charge is 0.268 e. The van der Waals surface area contributed by atoms with Crippen LogP contribution in [0, 0.1) is 5.82 Å². The van der Waals surface area contributed by atoms with Crippen molar-refractivity contribution in [1.29, 1.82) is 0 Å². The Morgan fingerprint density at radius 3 is 2.65 bits per heavy atom. The number of benzene rings is 1. The molecule has 0 spiro atoms. The summed E-state index contributed by atoms with van der Waals surface area (Å²) in [4.78, 5) is 19.7. The van der Waals surface area contributed by atoms with Crippen LogP contribution in [0.3, 0.4) is 0 Å². The number of hydrogen-bond acceptors (Lipinski definition) is 5. The van der Waals surface area contributed by atoms with Gasteiger partial charge in [0.25, 0.3) is 5.91 Å². The van der Waals surface area contributed by atoms with Gasteiger partial charge in [0.2, 0.25) is 0 Å². The molecule has 1 unspecified atom stereocenters. The molecule has 0 aliphatic rings. The van der Waals surface area contributed by atoms with Crippen molar-refractivity contribution >= 4 is 34.9 Å². The molecule has 3 aromatic rings. The second kappa shape index (κ2) is 9.23. The van der Waals surface area contributed by atoms with Crippen molar-refractivity contribution in [2.45, 2.75) is 25.6 Å². The topological polar surface area (TPSA) is 110 Å². The molecule has 3 rings (SSSR count). The summed E-state index contributed by atoms with van der Waals surface area (Å²) in [6.07, 6.45) is 3.05. The standard InChI is InChI=1S/C21H21Cl2FN4O3/c1-21(2,31)28-19-7-13(15(23)9-26-19)12-6-17(25-8-12)20(30)27-18(10-29)11-3-4-16(24)14(22)5-11/h3-9,18,25,29,31H,10H2,1-2H3,(H,26,28)(H,27,30). The van der Waals surface area contributed by atoms with Crippen molar-refractivity contribution in [1.82, 2.24) is 15.3 Å². The lowest BCUT2D eigenvalue weighted by Gasteiger charge is -2.20. The van der Waals surface area contributed by atoms with E-state index in [0.29, 0.717) is 27.5 Å². The summed E-state index contributed by atoms with van der Waals surface area (Å²) in [6.45, 7) is 2.75. The van der Waals surface area contributed by atoms with Gasteiger partial charge in [0.1, 0.15) is 23.1 Å². The molecule has 7 nitrogen and oxygen atoms in total. The Bertz CT molecular complexity index is 1100. The molecule has 0 saturated carbocycles. The van der Waals surface area contributed by atoms with Crippen LogP contribution >= 0.6 is 23.2 Å². The number of H-pyrrole nitrogens is 1. The van der Waals surface area contributed by atoms with Crippen LogP contribution in [-0.4, -0.2) is 38.4 Å². The summed E-state index contributed by atoms with van der Waals surface area (Å²) in [5, 5.41) is 25.4. The van der Waals surface area contributed by atoms with Gasteiger partial charge in [0.15, 0.2) is 0 Å². The summed E-state index contributed by atoms with van der Waals surface area (Å²) >= 11 is 12.1.